The molecule has 0 spiro atoms. The molecule has 6 heteroatoms. The van der Waals surface area contributed by atoms with Gasteiger partial charge >= 0.3 is 5.63 Å². The van der Waals surface area contributed by atoms with Crippen LogP contribution < -0.4 is 5.63 Å². The van der Waals surface area contributed by atoms with Gasteiger partial charge in [0, 0.05) is 23.5 Å². The third-order valence-electron chi connectivity index (χ3n) is 4.73. The molecule has 1 heterocycles. The van der Waals surface area contributed by atoms with Gasteiger partial charge in [0.2, 0.25) is 0 Å². The van der Waals surface area contributed by atoms with Crippen molar-refractivity contribution >= 4 is 28.5 Å². The van der Waals surface area contributed by atoms with Crippen LogP contribution >= 0.6 is 11.6 Å². The summed E-state index contributed by atoms with van der Waals surface area (Å²) in [6.45, 7) is 0.452. The maximum atomic E-state index is 13.3. The molecule has 3 aromatic carbocycles. The average Bonchev–Trinajstić information content (AvgIpc) is 2.75. The SMILES string of the molecule is O=C(c1cc2ccccc2oc1=O)N(Cc1ccc(F)cc1)Cc1ccc(Cl)cc1. The van der Waals surface area contributed by atoms with Crippen LogP contribution in [-0.4, -0.2) is 10.8 Å². The van der Waals surface area contributed by atoms with Gasteiger partial charge in [0.1, 0.15) is 17.0 Å². The molecule has 0 atom stereocenters. The van der Waals surface area contributed by atoms with Crippen LogP contribution in [0.15, 0.2) is 88.1 Å². The molecule has 0 saturated heterocycles. The van der Waals surface area contributed by atoms with E-state index in [-0.39, 0.29) is 24.5 Å². The van der Waals surface area contributed by atoms with Crippen molar-refractivity contribution in [2.75, 3.05) is 0 Å². The summed E-state index contributed by atoms with van der Waals surface area (Å²) in [4.78, 5) is 27.3. The lowest BCUT2D eigenvalue weighted by molar-refractivity contribution is 0.0726. The molecule has 4 aromatic rings. The lowest BCUT2D eigenvalue weighted by atomic mass is 10.1. The molecule has 30 heavy (non-hydrogen) atoms. The summed E-state index contributed by atoms with van der Waals surface area (Å²) in [5.41, 5.74) is 1.26. The molecular weight excluding hydrogens is 405 g/mol. The predicted octanol–water partition coefficient (Wildman–Crippen LogP) is 5.43. The highest BCUT2D eigenvalue weighted by Crippen LogP contribution is 2.18. The summed E-state index contributed by atoms with van der Waals surface area (Å²) in [7, 11) is 0. The number of hydrogen-bond donors (Lipinski definition) is 0. The highest BCUT2D eigenvalue weighted by molar-refractivity contribution is 6.30. The van der Waals surface area contributed by atoms with Crippen LogP contribution in [0.3, 0.4) is 0 Å². The fourth-order valence-electron chi connectivity index (χ4n) is 3.20. The monoisotopic (exact) mass is 421 g/mol. The zero-order valence-electron chi connectivity index (χ0n) is 15.8. The molecule has 4 rings (SSSR count). The highest BCUT2D eigenvalue weighted by Gasteiger charge is 2.21. The Bertz CT molecular complexity index is 1200. The first-order valence-electron chi connectivity index (χ1n) is 9.31. The van der Waals surface area contributed by atoms with Gasteiger partial charge in [-0.15, -0.1) is 0 Å². The smallest absolute Gasteiger partial charge is 0.349 e. The average molecular weight is 422 g/mol. The highest BCUT2D eigenvalue weighted by atomic mass is 35.5. The van der Waals surface area contributed by atoms with Crippen LogP contribution in [0, 0.1) is 5.82 Å². The first-order valence-corrected chi connectivity index (χ1v) is 9.68. The second kappa shape index (κ2) is 8.51. The van der Waals surface area contributed by atoms with Crippen molar-refractivity contribution in [3.63, 3.8) is 0 Å². The molecule has 0 bridgehead atoms. The quantitative estimate of drug-likeness (QED) is 0.404. The Morgan fingerprint density at radius 2 is 1.50 bits per heavy atom. The summed E-state index contributed by atoms with van der Waals surface area (Å²) >= 11 is 5.96. The van der Waals surface area contributed by atoms with Crippen molar-refractivity contribution in [2.45, 2.75) is 13.1 Å². The molecule has 0 aliphatic rings. The minimum atomic E-state index is -0.695. The van der Waals surface area contributed by atoms with E-state index in [9.17, 15) is 14.0 Å². The largest absolute Gasteiger partial charge is 0.422 e. The van der Waals surface area contributed by atoms with Gasteiger partial charge in [-0.25, -0.2) is 9.18 Å². The van der Waals surface area contributed by atoms with Gasteiger partial charge in [-0.1, -0.05) is 54.1 Å². The first kappa shape index (κ1) is 19.9. The third kappa shape index (κ3) is 4.42. The van der Waals surface area contributed by atoms with Gasteiger partial charge in [-0.05, 0) is 47.5 Å². The van der Waals surface area contributed by atoms with E-state index in [1.165, 1.54) is 17.0 Å². The maximum Gasteiger partial charge on any atom is 0.349 e. The fraction of sp³-hybridized carbons (Fsp3) is 0.0833. The van der Waals surface area contributed by atoms with Crippen molar-refractivity contribution in [1.29, 1.82) is 0 Å². The molecule has 0 unspecified atom stereocenters. The topological polar surface area (TPSA) is 50.5 Å². The number of benzene rings is 3. The lowest BCUT2D eigenvalue weighted by Crippen LogP contribution is -2.33. The number of rotatable bonds is 5. The zero-order valence-corrected chi connectivity index (χ0v) is 16.6. The Balaban J connectivity index is 1.71. The minimum absolute atomic E-state index is 0.0511. The number of nitrogens with zero attached hydrogens (tertiary/aromatic N) is 1. The molecule has 0 saturated carbocycles. The number of carbonyl (C=O) groups is 1. The summed E-state index contributed by atoms with van der Waals surface area (Å²) in [6, 6.07) is 21.6. The lowest BCUT2D eigenvalue weighted by Gasteiger charge is -2.23. The summed E-state index contributed by atoms with van der Waals surface area (Å²) < 4.78 is 18.6. The molecular formula is C24H17ClFNO3. The Kier molecular flexibility index (Phi) is 5.63. The van der Waals surface area contributed by atoms with Gasteiger partial charge in [-0.2, -0.15) is 0 Å². The molecule has 1 amide bonds. The predicted molar refractivity (Wildman–Crippen MR) is 114 cm³/mol. The van der Waals surface area contributed by atoms with E-state index in [2.05, 4.69) is 0 Å². The summed E-state index contributed by atoms with van der Waals surface area (Å²) in [5, 5.41) is 1.25. The van der Waals surface area contributed by atoms with E-state index in [0.29, 0.717) is 16.0 Å². The van der Waals surface area contributed by atoms with E-state index < -0.39 is 11.5 Å². The Labute approximate surface area is 177 Å². The Morgan fingerprint density at radius 1 is 0.900 bits per heavy atom. The van der Waals surface area contributed by atoms with Crippen molar-refractivity contribution < 1.29 is 13.6 Å². The van der Waals surface area contributed by atoms with Crippen molar-refractivity contribution in [1.82, 2.24) is 4.90 Å². The van der Waals surface area contributed by atoms with Gasteiger partial charge in [-0.3, -0.25) is 4.79 Å². The van der Waals surface area contributed by atoms with E-state index in [4.69, 9.17) is 16.0 Å². The second-order valence-corrected chi connectivity index (χ2v) is 7.34. The molecule has 0 aliphatic heterocycles. The van der Waals surface area contributed by atoms with Gasteiger partial charge < -0.3 is 9.32 Å². The van der Waals surface area contributed by atoms with Crippen LogP contribution in [0.5, 0.6) is 0 Å². The standard InChI is InChI=1S/C24H17ClFNO3/c25-19-9-5-16(6-10-19)14-27(15-17-7-11-20(26)12-8-17)23(28)21-13-18-3-1-2-4-22(18)30-24(21)29/h1-13H,14-15H2. The van der Waals surface area contributed by atoms with Crippen LogP contribution in [0.4, 0.5) is 4.39 Å². The minimum Gasteiger partial charge on any atom is -0.422 e. The number of halogens is 2. The molecule has 150 valence electrons. The summed E-state index contributed by atoms with van der Waals surface area (Å²) in [5.74, 6) is -0.821. The van der Waals surface area contributed by atoms with Gasteiger partial charge in [0.05, 0.1) is 0 Å². The van der Waals surface area contributed by atoms with Gasteiger partial charge in [0.25, 0.3) is 5.91 Å². The van der Waals surface area contributed by atoms with Crippen molar-refractivity contribution in [3.8, 4) is 0 Å². The van der Waals surface area contributed by atoms with Crippen LogP contribution in [0.1, 0.15) is 21.5 Å². The van der Waals surface area contributed by atoms with E-state index >= 15 is 0 Å². The molecule has 4 nitrogen and oxygen atoms in total. The normalized spacial score (nSPS) is 10.9. The molecule has 0 radical (unpaired) electrons. The van der Waals surface area contributed by atoms with Crippen molar-refractivity contribution in [2.24, 2.45) is 0 Å². The van der Waals surface area contributed by atoms with Crippen LogP contribution in [-0.2, 0) is 13.1 Å². The van der Waals surface area contributed by atoms with E-state index in [1.807, 2.05) is 12.1 Å². The van der Waals surface area contributed by atoms with Crippen LogP contribution in [0.25, 0.3) is 11.0 Å². The maximum absolute atomic E-state index is 13.3. The van der Waals surface area contributed by atoms with Crippen molar-refractivity contribution in [3.05, 3.63) is 117 Å². The molecule has 0 aliphatic carbocycles. The number of fused-ring (bicyclic) bond motifs is 1. The summed E-state index contributed by atoms with van der Waals surface area (Å²) in [6.07, 6.45) is 0. The molecule has 1 aromatic heterocycles. The number of para-hydroxylation sites is 1. The van der Waals surface area contributed by atoms with E-state index in [1.54, 1.807) is 54.6 Å². The fourth-order valence-corrected chi connectivity index (χ4v) is 3.33. The Morgan fingerprint density at radius 3 is 2.17 bits per heavy atom. The van der Waals surface area contributed by atoms with E-state index in [0.717, 1.165) is 11.1 Å². The first-order chi connectivity index (χ1) is 14.5. The number of carbonyl (C=O) groups excluding carboxylic acids is 1. The number of hydrogen-bond acceptors (Lipinski definition) is 3. The van der Waals surface area contributed by atoms with Crippen LogP contribution in [0.2, 0.25) is 5.02 Å². The number of amides is 1. The van der Waals surface area contributed by atoms with Gasteiger partial charge in [0.15, 0.2) is 0 Å². The second-order valence-electron chi connectivity index (χ2n) is 6.90. The Hall–Kier alpha value is -3.44. The zero-order chi connectivity index (χ0) is 21.1. The molecule has 0 N–H and O–H groups in total. The third-order valence-corrected chi connectivity index (χ3v) is 4.98. The molecule has 0 fully saturated rings.